The van der Waals surface area contributed by atoms with Crippen LogP contribution in [0.25, 0.3) is 0 Å². The third-order valence-corrected chi connectivity index (χ3v) is 7.31. The van der Waals surface area contributed by atoms with Crippen molar-refractivity contribution in [3.63, 3.8) is 0 Å². The number of rotatable bonds is 5. The van der Waals surface area contributed by atoms with Gasteiger partial charge in [0.05, 0.1) is 4.90 Å². The lowest BCUT2D eigenvalue weighted by molar-refractivity contribution is -0.131. The zero-order valence-corrected chi connectivity index (χ0v) is 17.6. The summed E-state index contributed by atoms with van der Waals surface area (Å²) < 4.78 is 27.6. The minimum Gasteiger partial charge on any atom is -0.273 e. The zero-order chi connectivity index (χ0) is 19.5. The normalized spacial score (nSPS) is 21.1. The largest absolute Gasteiger partial charge is 0.273 e. The summed E-state index contributed by atoms with van der Waals surface area (Å²) in [6, 6.07) is 8.40. The Bertz CT molecular complexity index is 657. The van der Waals surface area contributed by atoms with E-state index in [1.165, 1.54) is 23.6 Å². The van der Waals surface area contributed by atoms with Crippen molar-refractivity contribution < 1.29 is 13.2 Å². The first kappa shape index (κ1) is 21.9. The van der Waals surface area contributed by atoms with Crippen LogP contribution in [0.15, 0.2) is 35.2 Å². The lowest BCUT2D eigenvalue weighted by Gasteiger charge is -2.27. The third kappa shape index (κ3) is 6.63. The monoisotopic (exact) mass is 393 g/mol. The fourth-order valence-corrected chi connectivity index (χ4v) is 5.33. The molecular formula is C22H35NO3S. The van der Waals surface area contributed by atoms with Crippen molar-refractivity contribution >= 4 is 15.9 Å². The Kier molecular flexibility index (Phi) is 9.32. The van der Waals surface area contributed by atoms with Crippen LogP contribution in [0.4, 0.5) is 0 Å². The van der Waals surface area contributed by atoms with Crippen molar-refractivity contribution in [2.24, 2.45) is 5.92 Å². The Morgan fingerprint density at radius 3 is 2.15 bits per heavy atom. The summed E-state index contributed by atoms with van der Waals surface area (Å²) >= 11 is 0. The maximum atomic E-state index is 13.3. The first-order valence-corrected chi connectivity index (χ1v) is 12.1. The van der Waals surface area contributed by atoms with Gasteiger partial charge in [-0.1, -0.05) is 82.9 Å². The molecule has 0 saturated carbocycles. The molecule has 0 radical (unpaired) electrons. The summed E-state index contributed by atoms with van der Waals surface area (Å²) in [5.74, 6) is -0.365. The van der Waals surface area contributed by atoms with Crippen LogP contribution in [0.3, 0.4) is 0 Å². The van der Waals surface area contributed by atoms with Crippen LogP contribution < -0.4 is 0 Å². The molecule has 1 aliphatic rings. The number of carbonyl (C=O) groups excluding carboxylic acids is 1. The van der Waals surface area contributed by atoms with E-state index in [1.807, 2.05) is 0 Å². The van der Waals surface area contributed by atoms with E-state index in [9.17, 15) is 13.2 Å². The zero-order valence-electron chi connectivity index (χ0n) is 16.7. The average molecular weight is 394 g/mol. The highest BCUT2D eigenvalue weighted by Crippen LogP contribution is 2.25. The van der Waals surface area contributed by atoms with E-state index in [1.54, 1.807) is 30.3 Å². The highest BCUT2D eigenvalue weighted by Gasteiger charge is 2.33. The van der Waals surface area contributed by atoms with E-state index in [-0.39, 0.29) is 16.7 Å². The van der Waals surface area contributed by atoms with Gasteiger partial charge in [0, 0.05) is 12.5 Å². The van der Waals surface area contributed by atoms with Crippen LogP contribution in [-0.2, 0) is 14.8 Å². The highest BCUT2D eigenvalue weighted by molar-refractivity contribution is 7.89. The van der Waals surface area contributed by atoms with Gasteiger partial charge in [0.2, 0.25) is 5.91 Å². The number of unbranched alkanes of at least 4 members (excludes halogenated alkanes) is 1. The first-order valence-electron chi connectivity index (χ1n) is 10.7. The SMILES string of the molecule is CCCCC1CCCCCCCCCCN(S(=O)(=O)c2ccccc2)C1=O. The Balaban J connectivity index is 2.27. The van der Waals surface area contributed by atoms with E-state index in [4.69, 9.17) is 0 Å². The molecule has 0 N–H and O–H groups in total. The Morgan fingerprint density at radius 1 is 0.926 bits per heavy atom. The number of hydrogen-bond donors (Lipinski definition) is 0. The predicted molar refractivity (Wildman–Crippen MR) is 110 cm³/mol. The van der Waals surface area contributed by atoms with Crippen molar-refractivity contribution in [2.75, 3.05) is 6.54 Å². The van der Waals surface area contributed by atoms with Crippen LogP contribution in [-0.4, -0.2) is 25.2 Å². The molecule has 1 atom stereocenters. The number of benzene rings is 1. The number of carbonyl (C=O) groups is 1. The van der Waals surface area contributed by atoms with Crippen molar-refractivity contribution in [2.45, 2.75) is 88.9 Å². The molecule has 0 aliphatic carbocycles. The molecule has 1 heterocycles. The molecule has 1 aliphatic heterocycles. The number of sulfonamides is 1. The number of amides is 1. The van der Waals surface area contributed by atoms with Crippen LogP contribution in [0, 0.1) is 5.92 Å². The molecule has 1 unspecified atom stereocenters. The summed E-state index contributed by atoms with van der Waals surface area (Å²) in [5, 5.41) is 0. The average Bonchev–Trinajstić information content (AvgIpc) is 2.69. The molecule has 152 valence electrons. The third-order valence-electron chi connectivity index (χ3n) is 5.50. The predicted octanol–water partition coefficient (Wildman–Crippen LogP) is 5.53. The van der Waals surface area contributed by atoms with Gasteiger partial charge in [0.15, 0.2) is 0 Å². The fourth-order valence-electron chi connectivity index (χ4n) is 3.82. The fraction of sp³-hybridized carbons (Fsp3) is 0.682. The molecule has 1 fully saturated rings. The Morgan fingerprint density at radius 2 is 1.52 bits per heavy atom. The van der Waals surface area contributed by atoms with E-state index < -0.39 is 10.0 Å². The van der Waals surface area contributed by atoms with Crippen molar-refractivity contribution in [1.82, 2.24) is 4.31 Å². The van der Waals surface area contributed by atoms with Crippen LogP contribution >= 0.6 is 0 Å². The molecule has 27 heavy (non-hydrogen) atoms. The standard InChI is InChI=1S/C22H35NO3S/c1-2-3-15-20-16-11-8-6-4-5-7-9-14-19-23(22(20)24)27(25,26)21-17-12-10-13-18-21/h10,12-13,17-18,20H,2-9,11,14-16,19H2,1H3. The van der Waals surface area contributed by atoms with Crippen molar-refractivity contribution in [1.29, 1.82) is 0 Å². The lowest BCUT2D eigenvalue weighted by atomic mass is 9.94. The quantitative estimate of drug-likeness (QED) is 0.660. The number of hydrogen-bond acceptors (Lipinski definition) is 3. The Hall–Kier alpha value is -1.36. The lowest BCUT2D eigenvalue weighted by Crippen LogP contribution is -2.41. The first-order chi connectivity index (χ1) is 13.1. The molecule has 5 heteroatoms. The summed E-state index contributed by atoms with van der Waals surface area (Å²) in [5.41, 5.74) is 0. The van der Waals surface area contributed by atoms with Gasteiger partial charge in [-0.3, -0.25) is 4.79 Å². The molecule has 0 spiro atoms. The summed E-state index contributed by atoms with van der Waals surface area (Å²) in [6.07, 6.45) is 12.3. The second kappa shape index (κ2) is 11.5. The van der Waals surface area contributed by atoms with Gasteiger partial charge in [0.25, 0.3) is 10.0 Å². The minimum absolute atomic E-state index is 0.177. The van der Waals surface area contributed by atoms with E-state index >= 15 is 0 Å². The van der Waals surface area contributed by atoms with Gasteiger partial charge < -0.3 is 0 Å². The van der Waals surface area contributed by atoms with Crippen molar-refractivity contribution in [3.05, 3.63) is 30.3 Å². The van der Waals surface area contributed by atoms with Gasteiger partial charge in [-0.2, -0.15) is 0 Å². The summed E-state index contributed by atoms with van der Waals surface area (Å²) in [6.45, 7) is 2.42. The van der Waals surface area contributed by atoms with E-state index in [0.29, 0.717) is 6.54 Å². The molecule has 0 bridgehead atoms. The second-order valence-electron chi connectivity index (χ2n) is 7.68. The van der Waals surface area contributed by atoms with Gasteiger partial charge in [-0.15, -0.1) is 0 Å². The maximum Gasteiger partial charge on any atom is 0.266 e. The van der Waals surface area contributed by atoms with Gasteiger partial charge in [0.1, 0.15) is 0 Å². The molecule has 2 rings (SSSR count). The molecule has 1 aromatic carbocycles. The molecular weight excluding hydrogens is 358 g/mol. The molecule has 1 amide bonds. The van der Waals surface area contributed by atoms with Gasteiger partial charge in [-0.25, -0.2) is 12.7 Å². The second-order valence-corrected chi connectivity index (χ2v) is 9.55. The topological polar surface area (TPSA) is 54.5 Å². The number of nitrogens with zero attached hydrogens (tertiary/aromatic N) is 1. The van der Waals surface area contributed by atoms with Crippen LogP contribution in [0.2, 0.25) is 0 Å². The highest BCUT2D eigenvalue weighted by atomic mass is 32.2. The van der Waals surface area contributed by atoms with Crippen molar-refractivity contribution in [3.8, 4) is 0 Å². The van der Waals surface area contributed by atoms with Gasteiger partial charge in [-0.05, 0) is 31.4 Å². The van der Waals surface area contributed by atoms with Crippen LogP contribution in [0.5, 0.6) is 0 Å². The molecule has 1 saturated heterocycles. The molecule has 4 nitrogen and oxygen atoms in total. The molecule has 0 aromatic heterocycles. The van der Waals surface area contributed by atoms with Gasteiger partial charge >= 0.3 is 0 Å². The maximum absolute atomic E-state index is 13.3. The Labute approximate surface area is 165 Å². The van der Waals surface area contributed by atoms with E-state index in [2.05, 4.69) is 6.92 Å². The van der Waals surface area contributed by atoms with Crippen LogP contribution in [0.1, 0.15) is 84.0 Å². The summed E-state index contributed by atoms with van der Waals surface area (Å²) in [4.78, 5) is 13.5. The van der Waals surface area contributed by atoms with E-state index in [0.717, 1.165) is 57.8 Å². The summed E-state index contributed by atoms with van der Waals surface area (Å²) in [7, 11) is -3.78. The molecule has 1 aromatic rings. The smallest absolute Gasteiger partial charge is 0.266 e. The minimum atomic E-state index is -3.78.